The van der Waals surface area contributed by atoms with Gasteiger partial charge in [0.25, 0.3) is 0 Å². The minimum Gasteiger partial charge on any atom is -0.103 e. The Morgan fingerprint density at radius 3 is 2.94 bits per heavy atom. The molecule has 0 amide bonds. The van der Waals surface area contributed by atoms with Crippen molar-refractivity contribution < 1.29 is 0 Å². The van der Waals surface area contributed by atoms with Crippen LogP contribution in [0.25, 0.3) is 0 Å². The number of hydrogen-bond acceptors (Lipinski definition) is 0. The SMILES string of the molecule is C=CCCCC=CCC1/C=C\C/C=C\CC1. The van der Waals surface area contributed by atoms with Crippen LogP contribution in [0.1, 0.15) is 44.9 Å². The van der Waals surface area contributed by atoms with Crippen LogP contribution in [0.15, 0.2) is 49.1 Å². The first-order chi connectivity index (χ1) is 7.93. The van der Waals surface area contributed by atoms with E-state index < -0.39 is 0 Å². The zero-order chi connectivity index (χ0) is 11.5. The summed E-state index contributed by atoms with van der Waals surface area (Å²) in [4.78, 5) is 0. The van der Waals surface area contributed by atoms with E-state index in [0.717, 1.165) is 18.8 Å². The standard InChI is InChI=1S/C16H24/c1-2-3-4-5-7-10-13-16-14-11-8-6-9-12-15-16/h2,6-8,10,12,15-16H,1,3-5,9,11,13-14H2/b8-6-,10-7?,15-12-. The van der Waals surface area contributed by atoms with E-state index in [1.807, 2.05) is 6.08 Å². The Labute approximate surface area is 100 Å². The lowest BCUT2D eigenvalue weighted by molar-refractivity contribution is 0.601. The molecule has 1 rings (SSSR count). The van der Waals surface area contributed by atoms with E-state index in [9.17, 15) is 0 Å². The molecule has 0 fully saturated rings. The van der Waals surface area contributed by atoms with Crippen LogP contribution in [0.5, 0.6) is 0 Å². The molecule has 0 aromatic carbocycles. The van der Waals surface area contributed by atoms with Crippen molar-refractivity contribution in [3.8, 4) is 0 Å². The fraction of sp³-hybridized carbons (Fsp3) is 0.500. The molecule has 0 spiro atoms. The van der Waals surface area contributed by atoms with Crippen LogP contribution in [-0.4, -0.2) is 0 Å². The summed E-state index contributed by atoms with van der Waals surface area (Å²) < 4.78 is 0. The fourth-order valence-electron chi connectivity index (χ4n) is 1.94. The Bertz CT molecular complexity index is 255. The van der Waals surface area contributed by atoms with Crippen LogP contribution in [0, 0.1) is 5.92 Å². The lowest BCUT2D eigenvalue weighted by Crippen LogP contribution is -1.95. The second-order valence-electron chi connectivity index (χ2n) is 4.40. The van der Waals surface area contributed by atoms with Gasteiger partial charge < -0.3 is 0 Å². The third kappa shape index (κ3) is 6.44. The Balaban J connectivity index is 2.15. The molecular weight excluding hydrogens is 192 g/mol. The zero-order valence-electron chi connectivity index (χ0n) is 10.3. The molecule has 16 heavy (non-hydrogen) atoms. The summed E-state index contributed by atoms with van der Waals surface area (Å²) in [6, 6.07) is 0. The Kier molecular flexibility index (Phi) is 7.49. The maximum absolute atomic E-state index is 3.73. The maximum atomic E-state index is 3.73. The highest BCUT2D eigenvalue weighted by Gasteiger charge is 2.02. The smallest absolute Gasteiger partial charge is 0.0169 e. The predicted molar refractivity (Wildman–Crippen MR) is 73.4 cm³/mol. The van der Waals surface area contributed by atoms with Gasteiger partial charge in [0.15, 0.2) is 0 Å². The number of hydrogen-bond donors (Lipinski definition) is 0. The lowest BCUT2D eigenvalue weighted by atomic mass is 9.96. The van der Waals surface area contributed by atoms with Crippen LogP contribution < -0.4 is 0 Å². The normalized spacial score (nSPS) is 24.9. The van der Waals surface area contributed by atoms with Crippen LogP contribution in [0.2, 0.25) is 0 Å². The zero-order valence-corrected chi connectivity index (χ0v) is 10.3. The molecule has 0 aromatic rings. The van der Waals surface area contributed by atoms with Gasteiger partial charge in [-0.15, -0.1) is 6.58 Å². The topological polar surface area (TPSA) is 0 Å². The van der Waals surface area contributed by atoms with E-state index in [2.05, 4.69) is 43.0 Å². The lowest BCUT2D eigenvalue weighted by Gasteiger charge is -2.10. The highest BCUT2D eigenvalue weighted by atomic mass is 14.1. The third-order valence-electron chi connectivity index (χ3n) is 2.94. The molecule has 0 radical (unpaired) electrons. The highest BCUT2D eigenvalue weighted by Crippen LogP contribution is 2.17. The van der Waals surface area contributed by atoms with Crippen molar-refractivity contribution in [3.05, 3.63) is 49.1 Å². The maximum Gasteiger partial charge on any atom is -0.0169 e. The van der Waals surface area contributed by atoms with E-state index >= 15 is 0 Å². The Morgan fingerprint density at radius 1 is 1.12 bits per heavy atom. The molecular formula is C16H24. The van der Waals surface area contributed by atoms with Crippen molar-refractivity contribution in [1.29, 1.82) is 0 Å². The minimum atomic E-state index is 0.751. The Hall–Kier alpha value is -1.04. The first-order valence-electron chi connectivity index (χ1n) is 6.51. The number of allylic oxidation sites excluding steroid dienone is 7. The first kappa shape index (κ1) is 13.0. The number of rotatable bonds is 6. The minimum absolute atomic E-state index is 0.751. The summed E-state index contributed by atoms with van der Waals surface area (Å²) in [7, 11) is 0. The van der Waals surface area contributed by atoms with Gasteiger partial charge in [0.1, 0.15) is 0 Å². The largest absolute Gasteiger partial charge is 0.103 e. The molecule has 0 aromatic heterocycles. The van der Waals surface area contributed by atoms with Crippen molar-refractivity contribution in [3.63, 3.8) is 0 Å². The molecule has 0 bridgehead atoms. The molecule has 0 N–H and O–H groups in total. The van der Waals surface area contributed by atoms with Crippen LogP contribution in [0.4, 0.5) is 0 Å². The van der Waals surface area contributed by atoms with E-state index in [4.69, 9.17) is 0 Å². The van der Waals surface area contributed by atoms with Gasteiger partial charge in [-0.3, -0.25) is 0 Å². The molecule has 1 atom stereocenters. The average molecular weight is 216 g/mol. The van der Waals surface area contributed by atoms with Crippen LogP contribution in [0.3, 0.4) is 0 Å². The van der Waals surface area contributed by atoms with E-state index in [1.54, 1.807) is 0 Å². The van der Waals surface area contributed by atoms with E-state index in [0.29, 0.717) is 0 Å². The van der Waals surface area contributed by atoms with Crippen molar-refractivity contribution >= 4 is 0 Å². The molecule has 0 nitrogen and oxygen atoms in total. The molecule has 1 unspecified atom stereocenters. The van der Waals surface area contributed by atoms with Crippen molar-refractivity contribution in [2.75, 3.05) is 0 Å². The molecule has 1 aliphatic rings. The fourth-order valence-corrected chi connectivity index (χ4v) is 1.94. The van der Waals surface area contributed by atoms with Gasteiger partial charge >= 0.3 is 0 Å². The summed E-state index contributed by atoms with van der Waals surface area (Å²) in [5, 5.41) is 0. The summed E-state index contributed by atoms with van der Waals surface area (Å²) in [6.45, 7) is 3.73. The molecule has 0 saturated carbocycles. The molecule has 0 heterocycles. The average Bonchev–Trinajstić information content (AvgIpc) is 2.25. The Morgan fingerprint density at radius 2 is 2.06 bits per heavy atom. The molecule has 0 aliphatic heterocycles. The van der Waals surface area contributed by atoms with Gasteiger partial charge in [-0.05, 0) is 50.9 Å². The molecule has 0 saturated heterocycles. The van der Waals surface area contributed by atoms with Gasteiger partial charge in [-0.1, -0.05) is 42.5 Å². The van der Waals surface area contributed by atoms with Gasteiger partial charge in [0.2, 0.25) is 0 Å². The summed E-state index contributed by atoms with van der Waals surface area (Å²) in [5.74, 6) is 0.751. The van der Waals surface area contributed by atoms with Gasteiger partial charge in [-0.2, -0.15) is 0 Å². The van der Waals surface area contributed by atoms with Crippen LogP contribution in [-0.2, 0) is 0 Å². The summed E-state index contributed by atoms with van der Waals surface area (Å²) in [6.07, 6.45) is 24.4. The monoisotopic (exact) mass is 216 g/mol. The quantitative estimate of drug-likeness (QED) is 0.423. The predicted octanol–water partition coefficient (Wildman–Crippen LogP) is 5.20. The van der Waals surface area contributed by atoms with Crippen LogP contribution >= 0.6 is 0 Å². The second kappa shape index (κ2) is 9.21. The van der Waals surface area contributed by atoms with Gasteiger partial charge in [0, 0.05) is 0 Å². The van der Waals surface area contributed by atoms with Crippen molar-refractivity contribution in [2.24, 2.45) is 5.92 Å². The number of unbranched alkanes of at least 4 members (excludes halogenated alkanes) is 2. The van der Waals surface area contributed by atoms with Crippen molar-refractivity contribution in [2.45, 2.75) is 44.9 Å². The summed E-state index contributed by atoms with van der Waals surface area (Å²) in [5.41, 5.74) is 0. The highest BCUT2D eigenvalue weighted by molar-refractivity contribution is 5.01. The molecule has 0 heteroatoms. The van der Waals surface area contributed by atoms with E-state index in [-0.39, 0.29) is 0 Å². The van der Waals surface area contributed by atoms with Gasteiger partial charge in [-0.25, -0.2) is 0 Å². The summed E-state index contributed by atoms with van der Waals surface area (Å²) >= 11 is 0. The van der Waals surface area contributed by atoms with Crippen molar-refractivity contribution in [1.82, 2.24) is 0 Å². The molecule has 1 aliphatic carbocycles. The first-order valence-corrected chi connectivity index (χ1v) is 6.51. The molecule has 88 valence electrons. The second-order valence-corrected chi connectivity index (χ2v) is 4.40. The third-order valence-corrected chi connectivity index (χ3v) is 2.94. The van der Waals surface area contributed by atoms with Gasteiger partial charge in [0.05, 0.1) is 0 Å². The van der Waals surface area contributed by atoms with E-state index in [1.165, 1.54) is 32.1 Å².